The van der Waals surface area contributed by atoms with Gasteiger partial charge < -0.3 is 4.90 Å². The monoisotopic (exact) mass is 248 g/mol. The number of piperazine rings is 1. The van der Waals surface area contributed by atoms with Crippen molar-refractivity contribution in [2.45, 2.75) is 38.3 Å². The summed E-state index contributed by atoms with van der Waals surface area (Å²) in [6.07, 6.45) is 3.80. The van der Waals surface area contributed by atoms with Crippen molar-refractivity contribution < 1.29 is 4.39 Å². The molecule has 0 saturated carbocycles. The van der Waals surface area contributed by atoms with Gasteiger partial charge in [0.15, 0.2) is 0 Å². The summed E-state index contributed by atoms with van der Waals surface area (Å²) in [4.78, 5) is 5.11. The van der Waals surface area contributed by atoms with Gasteiger partial charge in [0.2, 0.25) is 0 Å². The molecule has 2 aliphatic rings. The average Bonchev–Trinajstić information content (AvgIpc) is 2.85. The van der Waals surface area contributed by atoms with Crippen molar-refractivity contribution in [2.75, 3.05) is 24.5 Å². The maximum atomic E-state index is 13.0. The minimum Gasteiger partial charge on any atom is -0.366 e. The molecule has 0 aromatic heterocycles. The van der Waals surface area contributed by atoms with Crippen molar-refractivity contribution in [3.8, 4) is 0 Å². The van der Waals surface area contributed by atoms with E-state index < -0.39 is 0 Å². The summed E-state index contributed by atoms with van der Waals surface area (Å²) in [5.74, 6) is -0.147. The smallest absolute Gasteiger partial charge is 0.123 e. The second-order valence-electron chi connectivity index (χ2n) is 5.48. The number of anilines is 1. The zero-order chi connectivity index (χ0) is 12.5. The molecule has 3 heteroatoms. The SMILES string of the molecule is CCC1CN2CCCC2CN1c1ccc(F)cc1. The van der Waals surface area contributed by atoms with Gasteiger partial charge in [-0.15, -0.1) is 0 Å². The van der Waals surface area contributed by atoms with Crippen LogP contribution in [0.2, 0.25) is 0 Å². The number of fused-ring (bicyclic) bond motifs is 1. The lowest BCUT2D eigenvalue weighted by molar-refractivity contribution is 0.194. The third kappa shape index (κ3) is 2.12. The van der Waals surface area contributed by atoms with E-state index in [4.69, 9.17) is 0 Å². The first-order valence-corrected chi connectivity index (χ1v) is 7.04. The van der Waals surface area contributed by atoms with Crippen LogP contribution in [-0.2, 0) is 0 Å². The molecule has 1 aromatic carbocycles. The second-order valence-corrected chi connectivity index (χ2v) is 5.48. The highest BCUT2D eigenvalue weighted by Gasteiger charge is 2.35. The van der Waals surface area contributed by atoms with E-state index in [0.29, 0.717) is 12.1 Å². The fraction of sp³-hybridized carbons (Fsp3) is 0.600. The molecule has 0 N–H and O–H groups in total. The number of hydrogen-bond acceptors (Lipinski definition) is 2. The number of nitrogens with zero attached hydrogens (tertiary/aromatic N) is 2. The number of hydrogen-bond donors (Lipinski definition) is 0. The zero-order valence-electron chi connectivity index (χ0n) is 11.0. The van der Waals surface area contributed by atoms with Gasteiger partial charge >= 0.3 is 0 Å². The molecule has 0 amide bonds. The van der Waals surface area contributed by atoms with Crippen LogP contribution in [0, 0.1) is 5.82 Å². The average molecular weight is 248 g/mol. The quantitative estimate of drug-likeness (QED) is 0.794. The Kier molecular flexibility index (Phi) is 3.25. The van der Waals surface area contributed by atoms with E-state index in [1.165, 1.54) is 31.6 Å². The molecular weight excluding hydrogens is 227 g/mol. The number of halogens is 1. The van der Waals surface area contributed by atoms with Gasteiger partial charge in [-0.2, -0.15) is 0 Å². The van der Waals surface area contributed by atoms with E-state index in [2.05, 4.69) is 16.7 Å². The summed E-state index contributed by atoms with van der Waals surface area (Å²) < 4.78 is 13.0. The molecule has 3 rings (SSSR count). The van der Waals surface area contributed by atoms with Crippen LogP contribution >= 0.6 is 0 Å². The Balaban J connectivity index is 1.82. The Morgan fingerprint density at radius 1 is 1.22 bits per heavy atom. The molecular formula is C15H21FN2. The van der Waals surface area contributed by atoms with Crippen LogP contribution in [0.5, 0.6) is 0 Å². The minimum atomic E-state index is -0.147. The van der Waals surface area contributed by atoms with Crippen LogP contribution in [0.15, 0.2) is 24.3 Å². The van der Waals surface area contributed by atoms with Crippen LogP contribution < -0.4 is 4.90 Å². The molecule has 0 spiro atoms. The predicted molar refractivity (Wildman–Crippen MR) is 72.4 cm³/mol. The van der Waals surface area contributed by atoms with Crippen LogP contribution in [0.25, 0.3) is 0 Å². The van der Waals surface area contributed by atoms with Gasteiger partial charge in [0.05, 0.1) is 0 Å². The fourth-order valence-electron chi connectivity index (χ4n) is 3.39. The van der Waals surface area contributed by atoms with Crippen molar-refractivity contribution in [3.63, 3.8) is 0 Å². The summed E-state index contributed by atoms with van der Waals surface area (Å²) >= 11 is 0. The molecule has 0 radical (unpaired) electrons. The normalized spacial score (nSPS) is 28.4. The Labute approximate surface area is 108 Å². The summed E-state index contributed by atoms with van der Waals surface area (Å²) in [5.41, 5.74) is 1.18. The molecule has 0 bridgehead atoms. The molecule has 2 unspecified atom stereocenters. The molecule has 2 fully saturated rings. The van der Waals surface area contributed by atoms with Crippen LogP contribution in [0.3, 0.4) is 0 Å². The first-order valence-electron chi connectivity index (χ1n) is 7.04. The lowest BCUT2D eigenvalue weighted by Gasteiger charge is -2.44. The molecule has 0 aliphatic carbocycles. The van der Waals surface area contributed by atoms with Gasteiger partial charge in [0.25, 0.3) is 0 Å². The van der Waals surface area contributed by atoms with Gasteiger partial charge in [-0.3, -0.25) is 4.90 Å². The van der Waals surface area contributed by atoms with Gasteiger partial charge in [0, 0.05) is 30.9 Å². The lowest BCUT2D eigenvalue weighted by Crippen LogP contribution is -2.56. The summed E-state index contributed by atoms with van der Waals surface area (Å²) in [7, 11) is 0. The number of benzene rings is 1. The molecule has 2 saturated heterocycles. The van der Waals surface area contributed by atoms with Crippen molar-refractivity contribution in [1.29, 1.82) is 0 Å². The topological polar surface area (TPSA) is 6.48 Å². The third-order valence-corrected chi connectivity index (χ3v) is 4.42. The van der Waals surface area contributed by atoms with Crippen molar-refractivity contribution in [2.24, 2.45) is 0 Å². The highest BCUT2D eigenvalue weighted by Crippen LogP contribution is 2.29. The zero-order valence-corrected chi connectivity index (χ0v) is 11.0. The van der Waals surface area contributed by atoms with E-state index in [-0.39, 0.29) is 5.82 Å². The second kappa shape index (κ2) is 4.88. The highest BCUT2D eigenvalue weighted by molar-refractivity contribution is 5.48. The van der Waals surface area contributed by atoms with E-state index >= 15 is 0 Å². The largest absolute Gasteiger partial charge is 0.366 e. The van der Waals surface area contributed by atoms with Gasteiger partial charge in [-0.05, 0) is 50.1 Å². The molecule has 18 heavy (non-hydrogen) atoms. The van der Waals surface area contributed by atoms with E-state index in [0.717, 1.165) is 13.0 Å². The summed E-state index contributed by atoms with van der Waals surface area (Å²) in [5, 5.41) is 0. The molecule has 2 aliphatic heterocycles. The maximum absolute atomic E-state index is 13.0. The van der Waals surface area contributed by atoms with Gasteiger partial charge in [0.1, 0.15) is 5.82 Å². The van der Waals surface area contributed by atoms with Crippen molar-refractivity contribution in [1.82, 2.24) is 4.90 Å². The lowest BCUT2D eigenvalue weighted by atomic mass is 10.0. The maximum Gasteiger partial charge on any atom is 0.123 e. The standard InChI is InChI=1S/C15H21FN2/c1-2-13-10-17-9-3-4-15(17)11-18(13)14-7-5-12(16)6-8-14/h5-8,13,15H,2-4,9-11H2,1H3. The van der Waals surface area contributed by atoms with E-state index in [1.807, 2.05) is 12.1 Å². The number of rotatable bonds is 2. The van der Waals surface area contributed by atoms with Gasteiger partial charge in [-0.25, -0.2) is 4.39 Å². The Morgan fingerprint density at radius 2 is 2.00 bits per heavy atom. The summed E-state index contributed by atoms with van der Waals surface area (Å²) in [6.45, 7) is 5.78. The third-order valence-electron chi connectivity index (χ3n) is 4.42. The van der Waals surface area contributed by atoms with Crippen LogP contribution in [0.1, 0.15) is 26.2 Å². The van der Waals surface area contributed by atoms with Crippen LogP contribution in [-0.4, -0.2) is 36.6 Å². The van der Waals surface area contributed by atoms with Crippen molar-refractivity contribution >= 4 is 5.69 Å². The van der Waals surface area contributed by atoms with Crippen molar-refractivity contribution in [3.05, 3.63) is 30.1 Å². The Morgan fingerprint density at radius 3 is 2.72 bits per heavy atom. The highest BCUT2D eigenvalue weighted by atomic mass is 19.1. The Hall–Kier alpha value is -1.09. The molecule has 2 heterocycles. The van der Waals surface area contributed by atoms with Gasteiger partial charge in [-0.1, -0.05) is 6.92 Å². The molecule has 2 nitrogen and oxygen atoms in total. The Bertz CT molecular complexity index is 403. The fourth-order valence-corrected chi connectivity index (χ4v) is 3.39. The molecule has 1 aromatic rings. The first-order chi connectivity index (χ1) is 8.78. The first kappa shape index (κ1) is 12.0. The molecule has 2 atom stereocenters. The van der Waals surface area contributed by atoms with E-state index in [1.54, 1.807) is 12.1 Å². The molecule has 98 valence electrons. The van der Waals surface area contributed by atoms with E-state index in [9.17, 15) is 4.39 Å². The minimum absolute atomic E-state index is 0.147. The van der Waals surface area contributed by atoms with Crippen LogP contribution in [0.4, 0.5) is 10.1 Å². The predicted octanol–water partition coefficient (Wildman–Crippen LogP) is 2.89. The summed E-state index contributed by atoms with van der Waals surface area (Å²) in [6, 6.07) is 8.26.